The van der Waals surface area contributed by atoms with Gasteiger partial charge < -0.3 is 10.0 Å². The molecule has 0 bridgehead atoms. The zero-order valence-electron chi connectivity index (χ0n) is 13.4. The zero-order valence-corrected chi connectivity index (χ0v) is 13.4. The lowest BCUT2D eigenvalue weighted by atomic mass is 10.1. The standard InChI is InChI=1S/C18H28N2O/c1-4-5-6-17(21)14-19-9-11-20(12-10-19)18-8-7-15(2)13-16(18)3/h4,7-8,13,17,21H,1,5-6,9-12,14H2,2-3H3. The van der Waals surface area contributed by atoms with Gasteiger partial charge in [0.15, 0.2) is 0 Å². The van der Waals surface area contributed by atoms with E-state index in [0.29, 0.717) is 0 Å². The van der Waals surface area contributed by atoms with Crippen LogP contribution >= 0.6 is 0 Å². The molecule has 0 amide bonds. The monoisotopic (exact) mass is 288 g/mol. The van der Waals surface area contributed by atoms with Gasteiger partial charge in [0, 0.05) is 38.4 Å². The number of β-amino-alcohol motifs (C(OH)–C–C–N with tert-alkyl or cyclic N) is 1. The highest BCUT2D eigenvalue weighted by atomic mass is 16.3. The maximum Gasteiger partial charge on any atom is 0.0670 e. The van der Waals surface area contributed by atoms with E-state index in [1.165, 1.54) is 16.8 Å². The van der Waals surface area contributed by atoms with E-state index in [0.717, 1.165) is 45.6 Å². The molecule has 1 aromatic carbocycles. The molecule has 0 aliphatic carbocycles. The summed E-state index contributed by atoms with van der Waals surface area (Å²) in [5.41, 5.74) is 4.03. The number of aliphatic hydroxyl groups excluding tert-OH is 1. The third kappa shape index (κ3) is 4.58. The molecular formula is C18H28N2O. The summed E-state index contributed by atoms with van der Waals surface area (Å²) in [7, 11) is 0. The maximum absolute atomic E-state index is 9.99. The van der Waals surface area contributed by atoms with Crippen LogP contribution in [0.3, 0.4) is 0 Å². The third-order valence-electron chi connectivity index (χ3n) is 4.24. The molecule has 0 radical (unpaired) electrons. The number of allylic oxidation sites excluding steroid dienone is 1. The molecule has 1 unspecified atom stereocenters. The van der Waals surface area contributed by atoms with Gasteiger partial charge in [-0.05, 0) is 38.3 Å². The summed E-state index contributed by atoms with van der Waals surface area (Å²) in [6.45, 7) is 13.0. The van der Waals surface area contributed by atoms with E-state index < -0.39 is 0 Å². The Morgan fingerprint density at radius 1 is 1.24 bits per heavy atom. The summed E-state index contributed by atoms with van der Waals surface area (Å²) in [5.74, 6) is 0. The number of hydrogen-bond acceptors (Lipinski definition) is 3. The summed E-state index contributed by atoms with van der Waals surface area (Å²) in [6, 6.07) is 6.67. The lowest BCUT2D eigenvalue weighted by Crippen LogP contribution is -2.48. The Kier molecular flexibility index (Phi) is 5.83. The van der Waals surface area contributed by atoms with Gasteiger partial charge in [0.05, 0.1) is 6.10 Å². The second kappa shape index (κ2) is 7.62. The Hall–Kier alpha value is -1.32. The van der Waals surface area contributed by atoms with Crippen LogP contribution < -0.4 is 4.90 Å². The van der Waals surface area contributed by atoms with Crippen LogP contribution in [-0.2, 0) is 0 Å². The molecule has 21 heavy (non-hydrogen) atoms. The number of nitrogens with zero attached hydrogens (tertiary/aromatic N) is 2. The van der Waals surface area contributed by atoms with Crippen LogP contribution in [0.15, 0.2) is 30.9 Å². The highest BCUT2D eigenvalue weighted by Crippen LogP contribution is 2.22. The Morgan fingerprint density at radius 3 is 2.57 bits per heavy atom. The first kappa shape index (κ1) is 16.1. The molecule has 1 fully saturated rings. The first-order valence-corrected chi connectivity index (χ1v) is 7.93. The van der Waals surface area contributed by atoms with Crippen LogP contribution in [0, 0.1) is 13.8 Å². The number of hydrogen-bond donors (Lipinski definition) is 1. The Labute approximate surface area is 128 Å². The largest absolute Gasteiger partial charge is 0.392 e. The van der Waals surface area contributed by atoms with Gasteiger partial charge in [-0.15, -0.1) is 6.58 Å². The van der Waals surface area contributed by atoms with Crippen LogP contribution in [0.2, 0.25) is 0 Å². The molecule has 3 heteroatoms. The van der Waals surface area contributed by atoms with Crippen LogP contribution in [0.1, 0.15) is 24.0 Å². The fraction of sp³-hybridized carbons (Fsp3) is 0.556. The average molecular weight is 288 g/mol. The van der Waals surface area contributed by atoms with E-state index in [4.69, 9.17) is 0 Å². The van der Waals surface area contributed by atoms with Gasteiger partial charge in [-0.1, -0.05) is 23.8 Å². The van der Waals surface area contributed by atoms with Crippen molar-refractivity contribution in [1.29, 1.82) is 0 Å². The van der Waals surface area contributed by atoms with Crippen LogP contribution in [0.5, 0.6) is 0 Å². The molecule has 1 aromatic rings. The van der Waals surface area contributed by atoms with Gasteiger partial charge >= 0.3 is 0 Å². The fourth-order valence-corrected chi connectivity index (χ4v) is 3.03. The van der Waals surface area contributed by atoms with Gasteiger partial charge in [-0.2, -0.15) is 0 Å². The van der Waals surface area contributed by atoms with Crippen molar-refractivity contribution in [2.45, 2.75) is 32.8 Å². The molecule has 116 valence electrons. The van der Waals surface area contributed by atoms with Crippen molar-refractivity contribution in [3.8, 4) is 0 Å². The molecule has 3 nitrogen and oxygen atoms in total. The molecule has 1 aliphatic heterocycles. The first-order chi connectivity index (χ1) is 10.1. The van der Waals surface area contributed by atoms with E-state index in [9.17, 15) is 5.11 Å². The van der Waals surface area contributed by atoms with Crippen molar-refractivity contribution in [3.63, 3.8) is 0 Å². The Morgan fingerprint density at radius 2 is 1.95 bits per heavy atom. The van der Waals surface area contributed by atoms with Crippen LogP contribution in [0.25, 0.3) is 0 Å². The van der Waals surface area contributed by atoms with Crippen molar-refractivity contribution in [2.24, 2.45) is 0 Å². The third-order valence-corrected chi connectivity index (χ3v) is 4.24. The van der Waals surface area contributed by atoms with Gasteiger partial charge in [0.25, 0.3) is 0 Å². The van der Waals surface area contributed by atoms with Crippen molar-refractivity contribution in [1.82, 2.24) is 4.90 Å². The van der Waals surface area contributed by atoms with Crippen molar-refractivity contribution in [3.05, 3.63) is 42.0 Å². The zero-order chi connectivity index (χ0) is 15.2. The predicted octanol–water partition coefficient (Wildman–Crippen LogP) is 2.75. The molecule has 1 N–H and O–H groups in total. The number of benzene rings is 1. The summed E-state index contributed by atoms with van der Waals surface area (Å²) in [5, 5.41) is 9.99. The molecule has 0 spiro atoms. The molecule has 1 aliphatic rings. The summed E-state index contributed by atoms with van der Waals surface area (Å²) in [4.78, 5) is 4.83. The van der Waals surface area contributed by atoms with Crippen molar-refractivity contribution >= 4 is 5.69 Å². The minimum atomic E-state index is -0.226. The van der Waals surface area contributed by atoms with Gasteiger partial charge in [-0.3, -0.25) is 4.90 Å². The summed E-state index contributed by atoms with van der Waals surface area (Å²) in [6.07, 6.45) is 3.36. The average Bonchev–Trinajstić information content (AvgIpc) is 2.46. The summed E-state index contributed by atoms with van der Waals surface area (Å²) >= 11 is 0. The molecule has 1 atom stereocenters. The molecule has 0 aromatic heterocycles. The van der Waals surface area contributed by atoms with Crippen LogP contribution in [-0.4, -0.2) is 48.8 Å². The first-order valence-electron chi connectivity index (χ1n) is 7.93. The molecule has 2 rings (SSSR count). The predicted molar refractivity (Wildman–Crippen MR) is 90.0 cm³/mol. The number of piperazine rings is 1. The Bertz CT molecular complexity index is 464. The SMILES string of the molecule is C=CCCC(O)CN1CCN(c2ccc(C)cc2C)CC1. The van der Waals surface area contributed by atoms with Gasteiger partial charge in [0.1, 0.15) is 0 Å². The lowest BCUT2D eigenvalue weighted by Gasteiger charge is -2.37. The second-order valence-corrected chi connectivity index (χ2v) is 6.10. The van der Waals surface area contributed by atoms with Crippen molar-refractivity contribution in [2.75, 3.05) is 37.6 Å². The fourth-order valence-electron chi connectivity index (χ4n) is 3.03. The second-order valence-electron chi connectivity index (χ2n) is 6.10. The van der Waals surface area contributed by atoms with E-state index in [1.54, 1.807) is 0 Å². The van der Waals surface area contributed by atoms with Gasteiger partial charge in [0.2, 0.25) is 0 Å². The molecule has 1 heterocycles. The van der Waals surface area contributed by atoms with E-state index in [-0.39, 0.29) is 6.10 Å². The topological polar surface area (TPSA) is 26.7 Å². The minimum Gasteiger partial charge on any atom is -0.392 e. The lowest BCUT2D eigenvalue weighted by molar-refractivity contribution is 0.103. The summed E-state index contributed by atoms with van der Waals surface area (Å²) < 4.78 is 0. The maximum atomic E-state index is 9.99. The number of rotatable bonds is 6. The highest BCUT2D eigenvalue weighted by molar-refractivity contribution is 5.54. The molecule has 1 saturated heterocycles. The van der Waals surface area contributed by atoms with E-state index in [2.05, 4.69) is 48.4 Å². The quantitative estimate of drug-likeness (QED) is 0.815. The highest BCUT2D eigenvalue weighted by Gasteiger charge is 2.20. The number of anilines is 1. The van der Waals surface area contributed by atoms with Crippen LogP contribution in [0.4, 0.5) is 5.69 Å². The smallest absolute Gasteiger partial charge is 0.0670 e. The van der Waals surface area contributed by atoms with E-state index >= 15 is 0 Å². The number of aryl methyl sites for hydroxylation is 2. The molecule has 0 saturated carbocycles. The Balaban J connectivity index is 1.84. The van der Waals surface area contributed by atoms with E-state index in [1.807, 2.05) is 6.08 Å². The number of aliphatic hydroxyl groups is 1. The normalized spacial score (nSPS) is 17.8. The van der Waals surface area contributed by atoms with Crippen molar-refractivity contribution < 1.29 is 5.11 Å². The van der Waals surface area contributed by atoms with Gasteiger partial charge in [-0.25, -0.2) is 0 Å². The molecular weight excluding hydrogens is 260 g/mol. The minimum absolute atomic E-state index is 0.226.